The molecule has 1 aliphatic heterocycles. The fraction of sp³-hybridized carbons (Fsp3) is 0.364. The summed E-state index contributed by atoms with van der Waals surface area (Å²) in [5, 5.41) is 9.06. The first kappa shape index (κ1) is 13.8. The second-order valence-electron chi connectivity index (χ2n) is 4.46. The quantitative estimate of drug-likeness (QED) is 0.525. The number of anilines is 2. The summed E-state index contributed by atoms with van der Waals surface area (Å²) in [5.41, 5.74) is 5.91. The zero-order valence-electron chi connectivity index (χ0n) is 9.98. The summed E-state index contributed by atoms with van der Waals surface area (Å²) in [6.07, 6.45) is 0.135. The molecule has 2 rings (SSSR count). The van der Waals surface area contributed by atoms with E-state index >= 15 is 0 Å². The Morgan fingerprint density at radius 3 is 2.63 bits per heavy atom. The molecule has 0 bridgehead atoms. The number of aliphatic hydroxyl groups excluding tert-OH is 1. The van der Waals surface area contributed by atoms with Crippen LogP contribution in [0.25, 0.3) is 0 Å². The first-order valence-electron chi connectivity index (χ1n) is 5.61. The molecule has 4 N–H and O–H groups in total. The normalized spacial score (nSPS) is 20.0. The zero-order valence-corrected chi connectivity index (χ0v) is 10.8. The molecule has 1 amide bonds. The number of hydrogen-bond acceptors (Lipinski definition) is 5. The third-order valence-electron chi connectivity index (χ3n) is 3.02. The molecule has 7 nitrogen and oxygen atoms in total. The molecule has 19 heavy (non-hydrogen) atoms. The van der Waals surface area contributed by atoms with Gasteiger partial charge in [-0.2, -0.15) is 8.42 Å². The molecule has 1 unspecified atom stereocenters. The molecule has 0 radical (unpaired) electrons. The van der Waals surface area contributed by atoms with Gasteiger partial charge in [0, 0.05) is 31.2 Å². The van der Waals surface area contributed by atoms with E-state index in [0.717, 1.165) is 6.07 Å². The third-order valence-corrected chi connectivity index (χ3v) is 3.92. The van der Waals surface area contributed by atoms with Gasteiger partial charge < -0.3 is 15.7 Å². The second-order valence-corrected chi connectivity index (χ2v) is 5.85. The first-order chi connectivity index (χ1) is 8.82. The van der Waals surface area contributed by atoms with Gasteiger partial charge >= 0.3 is 0 Å². The number of amides is 1. The van der Waals surface area contributed by atoms with Crippen molar-refractivity contribution in [2.24, 2.45) is 5.92 Å². The van der Waals surface area contributed by atoms with Gasteiger partial charge in [-0.25, -0.2) is 0 Å². The zero-order chi connectivity index (χ0) is 14.2. The van der Waals surface area contributed by atoms with Crippen LogP contribution in [-0.4, -0.2) is 37.1 Å². The topological polar surface area (TPSA) is 121 Å². The molecule has 0 spiro atoms. The molecule has 1 fully saturated rings. The van der Waals surface area contributed by atoms with Gasteiger partial charge in [-0.15, -0.1) is 0 Å². The van der Waals surface area contributed by atoms with Crippen LogP contribution < -0.4 is 10.6 Å². The SMILES string of the molecule is Nc1ccc(S(=O)(=O)O)c(N2CC(CO)CC2=O)c1. The molecule has 1 aromatic carbocycles. The number of nitrogens with zero attached hydrogens (tertiary/aromatic N) is 1. The maximum absolute atomic E-state index is 11.8. The fourth-order valence-electron chi connectivity index (χ4n) is 2.10. The van der Waals surface area contributed by atoms with Gasteiger partial charge in [0.1, 0.15) is 4.90 Å². The summed E-state index contributed by atoms with van der Waals surface area (Å²) in [6, 6.07) is 3.80. The largest absolute Gasteiger partial charge is 0.399 e. The highest BCUT2D eigenvalue weighted by molar-refractivity contribution is 7.86. The average Bonchev–Trinajstić information content (AvgIpc) is 2.68. The van der Waals surface area contributed by atoms with E-state index in [0.29, 0.717) is 0 Å². The number of nitrogens with two attached hydrogens (primary N) is 1. The van der Waals surface area contributed by atoms with Gasteiger partial charge in [0.05, 0.1) is 5.69 Å². The molecule has 1 atom stereocenters. The second kappa shape index (κ2) is 4.80. The lowest BCUT2D eigenvalue weighted by molar-refractivity contribution is -0.117. The van der Waals surface area contributed by atoms with Crippen LogP contribution in [-0.2, 0) is 14.9 Å². The number of rotatable bonds is 3. The minimum Gasteiger partial charge on any atom is -0.399 e. The number of carbonyl (C=O) groups excluding carboxylic acids is 1. The van der Waals surface area contributed by atoms with Crippen LogP contribution in [0.4, 0.5) is 11.4 Å². The highest BCUT2D eigenvalue weighted by Crippen LogP contribution is 2.32. The van der Waals surface area contributed by atoms with Gasteiger partial charge in [-0.1, -0.05) is 0 Å². The van der Waals surface area contributed by atoms with Crippen LogP contribution in [0, 0.1) is 5.92 Å². The molecule has 1 heterocycles. The van der Waals surface area contributed by atoms with Crippen LogP contribution in [0.2, 0.25) is 0 Å². The highest BCUT2D eigenvalue weighted by Gasteiger charge is 2.33. The molecule has 8 heteroatoms. The van der Waals surface area contributed by atoms with Crippen molar-refractivity contribution in [3.05, 3.63) is 18.2 Å². The average molecular weight is 286 g/mol. The van der Waals surface area contributed by atoms with Crippen molar-refractivity contribution in [3.8, 4) is 0 Å². The van der Waals surface area contributed by atoms with Crippen molar-refractivity contribution in [2.45, 2.75) is 11.3 Å². The minimum atomic E-state index is -4.45. The Kier molecular flexibility index (Phi) is 3.48. The Balaban J connectivity index is 2.50. The highest BCUT2D eigenvalue weighted by atomic mass is 32.2. The maximum Gasteiger partial charge on any atom is 0.296 e. The van der Waals surface area contributed by atoms with E-state index in [2.05, 4.69) is 0 Å². The summed E-state index contributed by atoms with van der Waals surface area (Å²) in [6.45, 7) is 0.0348. The lowest BCUT2D eigenvalue weighted by atomic mass is 10.1. The molecule has 0 saturated carbocycles. The Hall–Kier alpha value is -1.64. The summed E-state index contributed by atoms with van der Waals surface area (Å²) in [5.74, 6) is -0.558. The predicted molar refractivity (Wildman–Crippen MR) is 68.2 cm³/mol. The van der Waals surface area contributed by atoms with Crippen molar-refractivity contribution in [2.75, 3.05) is 23.8 Å². The number of nitrogen functional groups attached to an aromatic ring is 1. The lowest BCUT2D eigenvalue weighted by Gasteiger charge is -2.19. The van der Waals surface area contributed by atoms with Crippen molar-refractivity contribution in [1.82, 2.24) is 0 Å². The van der Waals surface area contributed by atoms with Gasteiger partial charge in [-0.3, -0.25) is 9.35 Å². The van der Waals surface area contributed by atoms with E-state index in [1.54, 1.807) is 0 Å². The number of aliphatic hydroxyl groups is 1. The molecular weight excluding hydrogens is 272 g/mol. The van der Waals surface area contributed by atoms with Crippen LogP contribution >= 0.6 is 0 Å². The Labute approximate surface area is 110 Å². The predicted octanol–water partition coefficient (Wildman–Crippen LogP) is -0.139. The first-order valence-corrected chi connectivity index (χ1v) is 7.05. The number of benzene rings is 1. The van der Waals surface area contributed by atoms with E-state index in [1.165, 1.54) is 17.0 Å². The standard InChI is InChI=1S/C11H14N2O5S/c12-8-1-2-10(19(16,17)18)9(4-8)13-5-7(6-14)3-11(13)15/h1-2,4,7,14H,3,5-6,12H2,(H,16,17,18). The Morgan fingerprint density at radius 1 is 1.42 bits per heavy atom. The van der Waals surface area contributed by atoms with Crippen molar-refractivity contribution in [3.63, 3.8) is 0 Å². The van der Waals surface area contributed by atoms with E-state index < -0.39 is 10.1 Å². The Bertz CT molecular complexity index is 614. The molecule has 0 aliphatic carbocycles. The van der Waals surface area contributed by atoms with Crippen molar-refractivity contribution in [1.29, 1.82) is 0 Å². The lowest BCUT2D eigenvalue weighted by Crippen LogP contribution is -2.26. The van der Waals surface area contributed by atoms with E-state index in [9.17, 15) is 17.8 Å². The molecule has 1 aliphatic rings. The summed E-state index contributed by atoms with van der Waals surface area (Å²) in [7, 11) is -4.45. The minimum absolute atomic E-state index is 0.0449. The van der Waals surface area contributed by atoms with Gasteiger partial charge in [0.25, 0.3) is 10.1 Å². The summed E-state index contributed by atoms with van der Waals surface area (Å²) < 4.78 is 31.8. The maximum atomic E-state index is 11.8. The van der Waals surface area contributed by atoms with Crippen molar-refractivity contribution < 1.29 is 22.9 Å². The molecule has 0 aromatic heterocycles. The molecule has 1 aromatic rings. The van der Waals surface area contributed by atoms with Crippen LogP contribution in [0.5, 0.6) is 0 Å². The van der Waals surface area contributed by atoms with E-state index in [4.69, 9.17) is 10.8 Å². The molecule has 104 valence electrons. The van der Waals surface area contributed by atoms with E-state index in [1.807, 2.05) is 0 Å². The molecule has 1 saturated heterocycles. The van der Waals surface area contributed by atoms with Crippen LogP contribution in [0.1, 0.15) is 6.42 Å². The third kappa shape index (κ3) is 2.70. The summed E-state index contributed by atoms with van der Waals surface area (Å²) in [4.78, 5) is 12.7. The van der Waals surface area contributed by atoms with Gasteiger partial charge in [-0.05, 0) is 18.2 Å². The monoisotopic (exact) mass is 286 g/mol. The number of carbonyl (C=O) groups is 1. The smallest absolute Gasteiger partial charge is 0.296 e. The van der Waals surface area contributed by atoms with Crippen LogP contribution in [0.15, 0.2) is 23.1 Å². The summed E-state index contributed by atoms with van der Waals surface area (Å²) >= 11 is 0. The van der Waals surface area contributed by atoms with E-state index in [-0.39, 0.29) is 47.7 Å². The molecular formula is C11H14N2O5S. The van der Waals surface area contributed by atoms with Gasteiger partial charge in [0.15, 0.2) is 0 Å². The van der Waals surface area contributed by atoms with Gasteiger partial charge in [0.2, 0.25) is 5.91 Å². The number of hydrogen-bond donors (Lipinski definition) is 3. The fourth-order valence-corrected chi connectivity index (χ4v) is 2.77. The van der Waals surface area contributed by atoms with Crippen molar-refractivity contribution >= 4 is 27.4 Å². The Morgan fingerprint density at radius 2 is 2.11 bits per heavy atom. The van der Waals surface area contributed by atoms with Crippen LogP contribution in [0.3, 0.4) is 0 Å².